The van der Waals surface area contributed by atoms with Crippen molar-refractivity contribution in [3.05, 3.63) is 34.9 Å². The molecule has 1 unspecified atom stereocenters. The van der Waals surface area contributed by atoms with E-state index in [-0.39, 0.29) is 5.78 Å². The molecule has 1 heteroatoms. The Morgan fingerprint density at radius 3 is 2.80 bits per heavy atom. The van der Waals surface area contributed by atoms with Gasteiger partial charge < -0.3 is 4.79 Å². The highest BCUT2D eigenvalue weighted by Crippen LogP contribution is 2.27. The number of carbonyl (C=O) groups excluding carboxylic acids is 1. The Balaban J connectivity index is 2.19. The fourth-order valence-electron chi connectivity index (χ4n) is 2.45. The van der Waals surface area contributed by atoms with Crippen LogP contribution in [0.25, 0.3) is 0 Å². The van der Waals surface area contributed by atoms with Crippen molar-refractivity contribution in [3.8, 4) is 0 Å². The number of carbonyl (C=O) groups is 1. The van der Waals surface area contributed by atoms with E-state index in [0.29, 0.717) is 12.3 Å². The van der Waals surface area contributed by atoms with Gasteiger partial charge >= 0.3 is 0 Å². The lowest BCUT2D eigenvalue weighted by molar-refractivity contribution is -0.117. The molecule has 1 aromatic rings. The first-order chi connectivity index (χ1) is 7.16. The number of hydrogen-bond acceptors (Lipinski definition) is 1. The maximum atomic E-state index is 11.1. The van der Waals surface area contributed by atoms with E-state index in [4.69, 9.17) is 0 Å². The van der Waals surface area contributed by atoms with Gasteiger partial charge in [-0.05, 0) is 48.8 Å². The van der Waals surface area contributed by atoms with Gasteiger partial charge in [-0.2, -0.15) is 0 Å². The topological polar surface area (TPSA) is 17.1 Å². The van der Waals surface area contributed by atoms with Crippen molar-refractivity contribution in [1.82, 2.24) is 0 Å². The van der Waals surface area contributed by atoms with Crippen LogP contribution in [0.5, 0.6) is 0 Å². The molecule has 1 aliphatic rings. The van der Waals surface area contributed by atoms with Gasteiger partial charge in [-0.1, -0.05) is 25.1 Å². The Kier molecular flexibility index (Phi) is 2.90. The van der Waals surface area contributed by atoms with Gasteiger partial charge in [0.25, 0.3) is 0 Å². The Morgan fingerprint density at radius 1 is 1.33 bits per heavy atom. The lowest BCUT2D eigenvalue weighted by atomic mass is 9.93. The van der Waals surface area contributed by atoms with Gasteiger partial charge in [-0.15, -0.1) is 0 Å². The van der Waals surface area contributed by atoms with E-state index in [0.717, 1.165) is 0 Å². The van der Waals surface area contributed by atoms with Gasteiger partial charge in [0.05, 0.1) is 0 Å². The molecule has 0 aromatic heterocycles. The number of rotatable bonds is 3. The van der Waals surface area contributed by atoms with E-state index < -0.39 is 0 Å². The lowest BCUT2D eigenvalue weighted by Crippen LogP contribution is -2.01. The second-order valence-corrected chi connectivity index (χ2v) is 4.69. The number of benzene rings is 1. The highest BCUT2D eigenvalue weighted by molar-refractivity contribution is 5.76. The van der Waals surface area contributed by atoms with Gasteiger partial charge in [0.1, 0.15) is 5.78 Å². The average molecular weight is 202 g/mol. The molecule has 2 rings (SSSR count). The zero-order valence-electron chi connectivity index (χ0n) is 9.55. The van der Waals surface area contributed by atoms with Crippen LogP contribution in [0.3, 0.4) is 0 Å². The average Bonchev–Trinajstić information content (AvgIpc) is 2.62. The van der Waals surface area contributed by atoms with Gasteiger partial charge in [-0.3, -0.25) is 0 Å². The van der Waals surface area contributed by atoms with Crippen molar-refractivity contribution in [2.45, 2.75) is 45.4 Å². The zero-order chi connectivity index (χ0) is 10.8. The van der Waals surface area contributed by atoms with Crippen molar-refractivity contribution in [2.75, 3.05) is 0 Å². The molecule has 0 radical (unpaired) electrons. The highest BCUT2D eigenvalue weighted by atomic mass is 16.1. The summed E-state index contributed by atoms with van der Waals surface area (Å²) < 4.78 is 0. The Hall–Kier alpha value is -1.11. The molecule has 0 saturated carbocycles. The number of ketones is 1. The maximum absolute atomic E-state index is 11.1. The first-order valence-corrected chi connectivity index (χ1v) is 5.78. The molecule has 0 heterocycles. The molecule has 1 nitrogen and oxygen atoms in total. The molecule has 0 N–H and O–H groups in total. The molecular formula is C14H18O. The summed E-state index contributed by atoms with van der Waals surface area (Å²) in [5, 5.41) is 0. The summed E-state index contributed by atoms with van der Waals surface area (Å²) in [5.74, 6) is 0.649. The minimum Gasteiger partial charge on any atom is -0.300 e. The summed E-state index contributed by atoms with van der Waals surface area (Å²) >= 11 is 0. The normalized spacial score (nSPS) is 16.1. The fraction of sp³-hybridized carbons (Fsp3) is 0.500. The Bertz CT molecular complexity index is 379. The second kappa shape index (κ2) is 4.18. The summed E-state index contributed by atoms with van der Waals surface area (Å²) in [7, 11) is 0. The van der Waals surface area contributed by atoms with Crippen LogP contribution >= 0.6 is 0 Å². The highest BCUT2D eigenvalue weighted by Gasteiger charge is 2.14. The molecule has 0 saturated heterocycles. The molecule has 0 bridgehead atoms. The minimum atomic E-state index is 0.281. The van der Waals surface area contributed by atoms with E-state index in [9.17, 15) is 4.79 Å². The van der Waals surface area contributed by atoms with E-state index >= 15 is 0 Å². The fourth-order valence-corrected chi connectivity index (χ4v) is 2.45. The molecule has 0 fully saturated rings. The Labute approximate surface area is 91.5 Å². The molecule has 0 amide bonds. The molecule has 15 heavy (non-hydrogen) atoms. The van der Waals surface area contributed by atoms with Crippen LogP contribution < -0.4 is 0 Å². The summed E-state index contributed by atoms with van der Waals surface area (Å²) in [4.78, 5) is 11.1. The minimum absolute atomic E-state index is 0.281. The molecule has 0 aliphatic heterocycles. The number of Topliss-reactive ketones (excluding diaryl/α,β-unsaturated/α-hetero) is 1. The first-order valence-electron chi connectivity index (χ1n) is 5.78. The van der Waals surface area contributed by atoms with Crippen LogP contribution in [0.1, 0.15) is 49.3 Å². The van der Waals surface area contributed by atoms with Crippen molar-refractivity contribution >= 4 is 5.78 Å². The number of hydrogen-bond donors (Lipinski definition) is 0. The quantitative estimate of drug-likeness (QED) is 0.735. The van der Waals surface area contributed by atoms with Crippen LogP contribution in [0.4, 0.5) is 0 Å². The molecule has 1 aromatic carbocycles. The Morgan fingerprint density at radius 2 is 2.07 bits per heavy atom. The monoisotopic (exact) mass is 202 g/mol. The summed E-state index contributed by atoms with van der Waals surface area (Å²) in [6.07, 6.45) is 4.41. The van der Waals surface area contributed by atoms with Crippen LogP contribution in [-0.2, 0) is 17.6 Å². The van der Waals surface area contributed by atoms with Gasteiger partial charge in [0.15, 0.2) is 0 Å². The molecule has 1 atom stereocenters. The second-order valence-electron chi connectivity index (χ2n) is 4.69. The van der Waals surface area contributed by atoms with Gasteiger partial charge in [0.2, 0.25) is 0 Å². The molecular weight excluding hydrogens is 184 g/mol. The van der Waals surface area contributed by atoms with Crippen molar-refractivity contribution in [1.29, 1.82) is 0 Å². The number of aryl methyl sites for hydroxylation is 2. The third-order valence-corrected chi connectivity index (χ3v) is 3.29. The SMILES string of the molecule is CC(=O)CC(C)c1ccc2c(c1)CCC2. The standard InChI is InChI=1S/C14H18O/c1-10(8-11(2)15)13-7-6-12-4-3-5-14(12)9-13/h6-7,9-10H,3-5,8H2,1-2H3. The lowest BCUT2D eigenvalue weighted by Gasteiger charge is -2.11. The van der Waals surface area contributed by atoms with Crippen LogP contribution in [-0.4, -0.2) is 5.78 Å². The van der Waals surface area contributed by atoms with Crippen molar-refractivity contribution in [2.24, 2.45) is 0 Å². The van der Waals surface area contributed by atoms with Gasteiger partial charge in [0, 0.05) is 6.42 Å². The molecule has 80 valence electrons. The van der Waals surface area contributed by atoms with E-state index in [2.05, 4.69) is 25.1 Å². The van der Waals surface area contributed by atoms with E-state index in [1.54, 1.807) is 6.92 Å². The van der Waals surface area contributed by atoms with Crippen molar-refractivity contribution < 1.29 is 4.79 Å². The third-order valence-electron chi connectivity index (χ3n) is 3.29. The van der Waals surface area contributed by atoms with Crippen LogP contribution in [0, 0.1) is 0 Å². The maximum Gasteiger partial charge on any atom is 0.130 e. The van der Waals surface area contributed by atoms with Gasteiger partial charge in [-0.25, -0.2) is 0 Å². The largest absolute Gasteiger partial charge is 0.300 e. The summed E-state index contributed by atoms with van der Waals surface area (Å²) in [5.41, 5.74) is 4.34. The first kappa shape index (κ1) is 10.4. The predicted molar refractivity (Wildman–Crippen MR) is 62.2 cm³/mol. The number of fused-ring (bicyclic) bond motifs is 1. The molecule has 0 spiro atoms. The smallest absolute Gasteiger partial charge is 0.130 e. The summed E-state index contributed by atoms with van der Waals surface area (Å²) in [6.45, 7) is 3.81. The molecule has 1 aliphatic carbocycles. The van der Waals surface area contributed by atoms with Crippen LogP contribution in [0.15, 0.2) is 18.2 Å². The predicted octanol–water partition coefficient (Wildman–Crippen LogP) is 3.26. The van der Waals surface area contributed by atoms with E-state index in [1.807, 2.05) is 0 Å². The summed E-state index contributed by atoms with van der Waals surface area (Å²) in [6, 6.07) is 6.74. The zero-order valence-corrected chi connectivity index (χ0v) is 9.55. The van der Waals surface area contributed by atoms with Crippen LogP contribution in [0.2, 0.25) is 0 Å². The van der Waals surface area contributed by atoms with E-state index in [1.165, 1.54) is 36.0 Å². The third kappa shape index (κ3) is 2.28. The van der Waals surface area contributed by atoms with Crippen molar-refractivity contribution in [3.63, 3.8) is 0 Å².